The van der Waals surface area contributed by atoms with Crippen LogP contribution in [0.15, 0.2) is 82.8 Å². The number of aromatic nitrogens is 1. The van der Waals surface area contributed by atoms with Crippen LogP contribution < -0.4 is 0 Å². The lowest BCUT2D eigenvalue weighted by Crippen LogP contribution is -2.04. The molecule has 108 valence electrons. The highest BCUT2D eigenvalue weighted by Crippen LogP contribution is 2.27. The van der Waals surface area contributed by atoms with Gasteiger partial charge in [0.1, 0.15) is 5.03 Å². The average Bonchev–Trinajstić information content (AvgIpc) is 2.56. The van der Waals surface area contributed by atoms with Crippen LogP contribution >= 0.6 is 11.8 Å². The van der Waals surface area contributed by atoms with E-state index in [0.29, 0.717) is 11.1 Å². The van der Waals surface area contributed by atoms with E-state index < -0.39 is 0 Å². The maximum absolute atomic E-state index is 12.5. The molecular weight excluding hydrogens is 290 g/mol. The van der Waals surface area contributed by atoms with Gasteiger partial charge in [0.25, 0.3) is 0 Å². The van der Waals surface area contributed by atoms with Gasteiger partial charge in [-0.25, -0.2) is 4.98 Å². The van der Waals surface area contributed by atoms with Crippen molar-refractivity contribution < 1.29 is 4.79 Å². The van der Waals surface area contributed by atoms with Gasteiger partial charge in [-0.05, 0) is 30.7 Å². The largest absolute Gasteiger partial charge is 0.289 e. The molecule has 0 bridgehead atoms. The number of nitrogens with zero attached hydrogens (tertiary/aromatic N) is 1. The summed E-state index contributed by atoms with van der Waals surface area (Å²) in [5, 5.41) is 0.897. The van der Waals surface area contributed by atoms with Crippen molar-refractivity contribution in [3.8, 4) is 0 Å². The number of hydrogen-bond donors (Lipinski definition) is 0. The second-order valence-corrected chi connectivity index (χ2v) is 6.04. The maximum Gasteiger partial charge on any atom is 0.194 e. The monoisotopic (exact) mass is 305 g/mol. The minimum absolute atomic E-state index is 0.0156. The molecule has 0 atom stereocenters. The normalized spacial score (nSPS) is 10.4. The van der Waals surface area contributed by atoms with Gasteiger partial charge in [-0.2, -0.15) is 0 Å². The zero-order valence-corrected chi connectivity index (χ0v) is 13.0. The molecule has 1 heterocycles. The van der Waals surface area contributed by atoms with Gasteiger partial charge in [0, 0.05) is 22.2 Å². The molecule has 2 aromatic carbocycles. The van der Waals surface area contributed by atoms with Crippen LogP contribution in [0.3, 0.4) is 0 Å². The summed E-state index contributed by atoms with van der Waals surface area (Å²) in [7, 11) is 0. The molecule has 1 aromatic heterocycles. The van der Waals surface area contributed by atoms with E-state index in [1.54, 1.807) is 18.0 Å². The number of aryl methyl sites for hydroxylation is 1. The standard InChI is InChI=1S/C19H15NOS/c1-14-12-18(22-16-10-6-3-7-11-16)20-13-17(14)19(21)15-8-4-2-5-9-15/h2-13H,1H3. The Hall–Kier alpha value is -2.39. The molecule has 0 fully saturated rings. The number of benzene rings is 2. The third kappa shape index (κ3) is 3.26. The Kier molecular flexibility index (Phi) is 4.35. The highest BCUT2D eigenvalue weighted by molar-refractivity contribution is 7.99. The highest BCUT2D eigenvalue weighted by Gasteiger charge is 2.12. The van der Waals surface area contributed by atoms with Crippen LogP contribution in [0.2, 0.25) is 0 Å². The van der Waals surface area contributed by atoms with Gasteiger partial charge in [-0.1, -0.05) is 60.3 Å². The minimum Gasteiger partial charge on any atom is -0.289 e. The van der Waals surface area contributed by atoms with Crippen molar-refractivity contribution in [2.45, 2.75) is 16.8 Å². The summed E-state index contributed by atoms with van der Waals surface area (Å²) in [6.45, 7) is 1.95. The van der Waals surface area contributed by atoms with Crippen molar-refractivity contribution >= 4 is 17.5 Å². The molecule has 0 aliphatic rings. The molecule has 0 radical (unpaired) electrons. The minimum atomic E-state index is 0.0156. The maximum atomic E-state index is 12.5. The van der Waals surface area contributed by atoms with E-state index in [1.807, 2.05) is 73.7 Å². The van der Waals surface area contributed by atoms with Crippen LogP contribution in [-0.2, 0) is 0 Å². The molecule has 2 nitrogen and oxygen atoms in total. The summed E-state index contributed by atoms with van der Waals surface area (Å²) in [6, 6.07) is 21.4. The molecule has 0 aliphatic carbocycles. The lowest BCUT2D eigenvalue weighted by molar-refractivity contribution is 0.103. The Morgan fingerprint density at radius 3 is 2.23 bits per heavy atom. The molecule has 0 amide bonds. The number of carbonyl (C=O) groups is 1. The van der Waals surface area contributed by atoms with Gasteiger partial charge in [0.2, 0.25) is 0 Å². The molecule has 3 rings (SSSR count). The molecule has 0 saturated carbocycles. The van der Waals surface area contributed by atoms with E-state index in [1.165, 1.54) is 0 Å². The van der Waals surface area contributed by atoms with Crippen LogP contribution in [-0.4, -0.2) is 10.8 Å². The molecule has 3 heteroatoms. The van der Waals surface area contributed by atoms with Crippen LogP contribution in [0.5, 0.6) is 0 Å². The number of ketones is 1. The van der Waals surface area contributed by atoms with E-state index in [9.17, 15) is 4.79 Å². The Bertz CT molecular complexity index is 785. The Balaban J connectivity index is 1.85. The fourth-order valence-electron chi connectivity index (χ4n) is 2.18. The summed E-state index contributed by atoms with van der Waals surface area (Å²) >= 11 is 1.60. The van der Waals surface area contributed by atoms with Crippen molar-refractivity contribution in [2.24, 2.45) is 0 Å². The molecule has 0 aliphatic heterocycles. The smallest absolute Gasteiger partial charge is 0.194 e. The number of hydrogen-bond acceptors (Lipinski definition) is 3. The molecule has 0 spiro atoms. The van der Waals surface area contributed by atoms with E-state index in [2.05, 4.69) is 4.98 Å². The summed E-state index contributed by atoms with van der Waals surface area (Å²) in [5.41, 5.74) is 2.29. The van der Waals surface area contributed by atoms with Gasteiger partial charge in [-0.3, -0.25) is 4.79 Å². The first kappa shape index (κ1) is 14.5. The van der Waals surface area contributed by atoms with Gasteiger partial charge >= 0.3 is 0 Å². The third-order valence-electron chi connectivity index (χ3n) is 3.33. The Morgan fingerprint density at radius 1 is 0.955 bits per heavy atom. The second kappa shape index (κ2) is 6.58. The van der Waals surface area contributed by atoms with Crippen LogP contribution in [0.25, 0.3) is 0 Å². The van der Waals surface area contributed by atoms with Crippen molar-refractivity contribution in [1.82, 2.24) is 4.98 Å². The first-order valence-electron chi connectivity index (χ1n) is 7.03. The van der Waals surface area contributed by atoms with E-state index in [0.717, 1.165) is 15.5 Å². The van der Waals surface area contributed by atoms with E-state index >= 15 is 0 Å². The fraction of sp³-hybridized carbons (Fsp3) is 0.0526. The van der Waals surface area contributed by atoms with E-state index in [4.69, 9.17) is 0 Å². The quantitative estimate of drug-likeness (QED) is 0.650. The topological polar surface area (TPSA) is 30.0 Å². The second-order valence-electron chi connectivity index (χ2n) is 4.95. The van der Waals surface area contributed by atoms with Crippen molar-refractivity contribution in [1.29, 1.82) is 0 Å². The van der Waals surface area contributed by atoms with Crippen LogP contribution in [0.1, 0.15) is 21.5 Å². The SMILES string of the molecule is Cc1cc(Sc2ccccc2)ncc1C(=O)c1ccccc1. The lowest BCUT2D eigenvalue weighted by Gasteiger charge is -2.07. The number of rotatable bonds is 4. The fourth-order valence-corrected chi connectivity index (χ4v) is 3.05. The zero-order chi connectivity index (χ0) is 15.4. The van der Waals surface area contributed by atoms with Crippen molar-refractivity contribution in [2.75, 3.05) is 0 Å². The molecule has 0 saturated heterocycles. The molecule has 22 heavy (non-hydrogen) atoms. The summed E-state index contributed by atoms with van der Waals surface area (Å²) in [5.74, 6) is 0.0156. The predicted octanol–water partition coefficient (Wildman–Crippen LogP) is 4.77. The number of carbonyl (C=O) groups excluding carboxylic acids is 1. The van der Waals surface area contributed by atoms with Gasteiger partial charge in [0.15, 0.2) is 5.78 Å². The average molecular weight is 305 g/mol. The van der Waals surface area contributed by atoms with Crippen molar-refractivity contribution in [3.63, 3.8) is 0 Å². The number of pyridine rings is 1. The summed E-state index contributed by atoms with van der Waals surface area (Å²) < 4.78 is 0. The zero-order valence-electron chi connectivity index (χ0n) is 12.2. The van der Waals surface area contributed by atoms with Crippen molar-refractivity contribution in [3.05, 3.63) is 89.6 Å². The van der Waals surface area contributed by atoms with Crippen LogP contribution in [0, 0.1) is 6.92 Å². The predicted molar refractivity (Wildman–Crippen MR) is 89.4 cm³/mol. The van der Waals surface area contributed by atoms with E-state index in [-0.39, 0.29) is 5.78 Å². The first-order chi connectivity index (χ1) is 10.7. The molecule has 0 unspecified atom stereocenters. The Morgan fingerprint density at radius 2 is 1.59 bits per heavy atom. The molecule has 0 N–H and O–H groups in total. The molecule has 3 aromatic rings. The highest BCUT2D eigenvalue weighted by atomic mass is 32.2. The van der Waals surface area contributed by atoms with Crippen LogP contribution in [0.4, 0.5) is 0 Å². The van der Waals surface area contributed by atoms with Gasteiger partial charge < -0.3 is 0 Å². The Labute approximate surface area is 134 Å². The summed E-state index contributed by atoms with van der Waals surface area (Å²) in [4.78, 5) is 18.0. The van der Waals surface area contributed by atoms with Gasteiger partial charge in [-0.15, -0.1) is 0 Å². The summed E-state index contributed by atoms with van der Waals surface area (Å²) in [6.07, 6.45) is 1.68. The van der Waals surface area contributed by atoms with Gasteiger partial charge in [0.05, 0.1) is 0 Å². The lowest BCUT2D eigenvalue weighted by atomic mass is 10.0. The first-order valence-corrected chi connectivity index (χ1v) is 7.85. The molecular formula is C19H15NOS. The third-order valence-corrected chi connectivity index (χ3v) is 4.27.